The third-order valence-corrected chi connectivity index (χ3v) is 7.60. The number of carbonyl (C=O) groups excluding carboxylic acids is 2. The Labute approximate surface area is 201 Å². The maximum Gasteiger partial charge on any atom is 0.243 e. The normalized spacial score (nSPS) is 13.4. The van der Waals surface area contributed by atoms with Gasteiger partial charge in [0.25, 0.3) is 0 Å². The molecular weight excluding hydrogens is 462 g/mol. The highest BCUT2D eigenvalue weighted by atomic mass is 35.5. The smallest absolute Gasteiger partial charge is 0.243 e. The number of carbonyl (C=O) groups is 2. The SMILES string of the molecule is CC[C@@H](C)NC(=O)[C@@H](C)N(CCc1ccccc1)C(=O)CN(C)S(=O)(=O)c1ccc(Cl)cc1. The van der Waals surface area contributed by atoms with Crippen molar-refractivity contribution in [1.29, 1.82) is 0 Å². The van der Waals surface area contributed by atoms with Crippen LogP contribution in [0.4, 0.5) is 0 Å². The molecule has 2 amide bonds. The molecular formula is C24H32ClN3O4S. The van der Waals surface area contributed by atoms with E-state index in [-0.39, 0.29) is 29.9 Å². The third kappa shape index (κ3) is 7.55. The molecule has 0 saturated carbocycles. The summed E-state index contributed by atoms with van der Waals surface area (Å²) in [4.78, 5) is 27.5. The molecule has 2 aromatic carbocycles. The number of halogens is 1. The summed E-state index contributed by atoms with van der Waals surface area (Å²) in [6.07, 6.45) is 1.31. The molecule has 0 heterocycles. The standard InChI is InChI=1S/C24H32ClN3O4S/c1-5-18(2)26-24(30)19(3)28(16-15-20-9-7-6-8-10-20)23(29)17-27(4)33(31,32)22-13-11-21(25)12-14-22/h6-14,18-19H,5,15-17H2,1-4H3,(H,26,30)/t18-,19-/m1/s1. The van der Waals surface area contributed by atoms with Crippen molar-refractivity contribution in [2.24, 2.45) is 0 Å². The summed E-state index contributed by atoms with van der Waals surface area (Å²) < 4.78 is 26.8. The lowest BCUT2D eigenvalue weighted by Crippen LogP contribution is -2.52. The summed E-state index contributed by atoms with van der Waals surface area (Å²) in [6.45, 7) is 5.42. The van der Waals surface area contributed by atoms with Crippen molar-refractivity contribution in [3.05, 3.63) is 65.2 Å². The Morgan fingerprint density at radius 1 is 1.03 bits per heavy atom. The quantitative estimate of drug-likeness (QED) is 0.520. The zero-order valence-corrected chi connectivity index (χ0v) is 21.1. The van der Waals surface area contributed by atoms with Crippen LogP contribution in [0.2, 0.25) is 5.02 Å². The summed E-state index contributed by atoms with van der Waals surface area (Å²) >= 11 is 5.86. The van der Waals surface area contributed by atoms with E-state index >= 15 is 0 Å². The average molecular weight is 494 g/mol. The van der Waals surface area contributed by atoms with Crippen LogP contribution in [-0.4, -0.2) is 61.7 Å². The van der Waals surface area contributed by atoms with E-state index in [0.717, 1.165) is 16.3 Å². The fourth-order valence-corrected chi connectivity index (χ4v) is 4.43. The second-order valence-electron chi connectivity index (χ2n) is 8.03. The van der Waals surface area contributed by atoms with Crippen LogP contribution < -0.4 is 5.32 Å². The van der Waals surface area contributed by atoms with Crippen LogP contribution in [0.3, 0.4) is 0 Å². The molecule has 0 radical (unpaired) electrons. The van der Waals surface area contributed by atoms with Gasteiger partial charge in [-0.2, -0.15) is 4.31 Å². The molecule has 2 atom stereocenters. The Bertz CT molecular complexity index is 1030. The second-order valence-corrected chi connectivity index (χ2v) is 10.5. The van der Waals surface area contributed by atoms with Crippen LogP contribution in [0.5, 0.6) is 0 Å². The van der Waals surface area contributed by atoms with Crippen molar-refractivity contribution in [2.45, 2.75) is 50.6 Å². The van der Waals surface area contributed by atoms with Gasteiger partial charge in [0, 0.05) is 24.7 Å². The molecule has 9 heteroatoms. The maximum absolute atomic E-state index is 13.2. The molecule has 0 aliphatic heterocycles. The largest absolute Gasteiger partial charge is 0.352 e. The van der Waals surface area contributed by atoms with E-state index in [1.807, 2.05) is 44.2 Å². The van der Waals surface area contributed by atoms with Gasteiger partial charge in [-0.05, 0) is 56.5 Å². The Hall–Kier alpha value is -2.42. The lowest BCUT2D eigenvalue weighted by atomic mass is 10.1. The Balaban J connectivity index is 2.20. The van der Waals surface area contributed by atoms with Crippen LogP contribution in [0.1, 0.15) is 32.8 Å². The number of nitrogens with zero attached hydrogens (tertiary/aromatic N) is 2. The highest BCUT2D eigenvalue weighted by Crippen LogP contribution is 2.18. The number of amides is 2. The predicted octanol–water partition coefficient (Wildman–Crippen LogP) is 3.34. The average Bonchev–Trinajstić information content (AvgIpc) is 2.79. The summed E-state index contributed by atoms with van der Waals surface area (Å²) in [5.74, 6) is -0.716. The van der Waals surface area contributed by atoms with Gasteiger partial charge in [0.1, 0.15) is 6.04 Å². The molecule has 0 bridgehead atoms. The molecule has 0 saturated heterocycles. The first kappa shape index (κ1) is 26.8. The molecule has 0 aliphatic rings. The fraction of sp³-hybridized carbons (Fsp3) is 0.417. The van der Waals surface area contributed by atoms with Crippen LogP contribution in [0, 0.1) is 0 Å². The van der Waals surface area contributed by atoms with E-state index in [1.165, 1.54) is 36.2 Å². The number of hydrogen-bond acceptors (Lipinski definition) is 4. The molecule has 0 aromatic heterocycles. The Morgan fingerprint density at radius 2 is 1.64 bits per heavy atom. The van der Waals surface area contributed by atoms with Gasteiger partial charge in [-0.3, -0.25) is 9.59 Å². The molecule has 0 spiro atoms. The van der Waals surface area contributed by atoms with Crippen molar-refractivity contribution in [3.8, 4) is 0 Å². The number of nitrogens with one attached hydrogen (secondary N) is 1. The van der Waals surface area contributed by atoms with E-state index in [0.29, 0.717) is 11.4 Å². The molecule has 0 unspecified atom stereocenters. The van der Waals surface area contributed by atoms with Gasteiger partial charge >= 0.3 is 0 Å². The molecule has 2 rings (SSSR count). The van der Waals surface area contributed by atoms with Crippen molar-refractivity contribution in [2.75, 3.05) is 20.1 Å². The lowest BCUT2D eigenvalue weighted by Gasteiger charge is -2.31. The van der Waals surface area contributed by atoms with Gasteiger partial charge in [0.2, 0.25) is 21.8 Å². The Morgan fingerprint density at radius 3 is 2.21 bits per heavy atom. The zero-order valence-electron chi connectivity index (χ0n) is 19.5. The molecule has 1 N–H and O–H groups in total. The number of sulfonamides is 1. The van der Waals surface area contributed by atoms with Crippen LogP contribution >= 0.6 is 11.6 Å². The van der Waals surface area contributed by atoms with Crippen molar-refractivity contribution < 1.29 is 18.0 Å². The van der Waals surface area contributed by atoms with Crippen LogP contribution in [0.25, 0.3) is 0 Å². The minimum Gasteiger partial charge on any atom is -0.352 e. The molecule has 180 valence electrons. The summed E-state index contributed by atoms with van der Waals surface area (Å²) in [7, 11) is -2.55. The Kier molecular flexibility index (Phi) is 9.88. The topological polar surface area (TPSA) is 86.8 Å². The first-order valence-corrected chi connectivity index (χ1v) is 12.7. The molecule has 0 aliphatic carbocycles. The van der Waals surface area contributed by atoms with Crippen LogP contribution in [-0.2, 0) is 26.0 Å². The number of rotatable bonds is 11. The minimum absolute atomic E-state index is 0.0287. The lowest BCUT2D eigenvalue weighted by molar-refractivity contribution is -0.140. The van der Waals surface area contributed by atoms with Gasteiger partial charge < -0.3 is 10.2 Å². The minimum atomic E-state index is -3.89. The third-order valence-electron chi connectivity index (χ3n) is 5.53. The van der Waals surface area contributed by atoms with Gasteiger partial charge in [0.15, 0.2) is 0 Å². The molecule has 0 fully saturated rings. The predicted molar refractivity (Wildman–Crippen MR) is 130 cm³/mol. The highest BCUT2D eigenvalue weighted by Gasteiger charge is 2.30. The number of likely N-dealkylation sites (N-methyl/N-ethyl adjacent to an activating group) is 1. The van der Waals surface area contributed by atoms with E-state index in [2.05, 4.69) is 5.32 Å². The monoisotopic (exact) mass is 493 g/mol. The number of hydrogen-bond donors (Lipinski definition) is 1. The van der Waals surface area contributed by atoms with Gasteiger partial charge in [0.05, 0.1) is 11.4 Å². The first-order chi connectivity index (χ1) is 15.6. The summed E-state index contributed by atoms with van der Waals surface area (Å²) in [5, 5.41) is 3.32. The van der Waals surface area contributed by atoms with Gasteiger partial charge in [-0.15, -0.1) is 0 Å². The zero-order chi connectivity index (χ0) is 24.6. The van der Waals surface area contributed by atoms with E-state index < -0.39 is 22.0 Å². The summed E-state index contributed by atoms with van der Waals surface area (Å²) in [6, 6.07) is 14.6. The van der Waals surface area contributed by atoms with E-state index in [4.69, 9.17) is 11.6 Å². The summed E-state index contributed by atoms with van der Waals surface area (Å²) in [5.41, 5.74) is 1.02. The molecule has 7 nitrogen and oxygen atoms in total. The second kappa shape index (κ2) is 12.2. The molecule has 2 aromatic rings. The van der Waals surface area contributed by atoms with E-state index in [1.54, 1.807) is 6.92 Å². The maximum atomic E-state index is 13.2. The van der Waals surface area contributed by atoms with Crippen molar-refractivity contribution in [3.63, 3.8) is 0 Å². The van der Waals surface area contributed by atoms with Crippen molar-refractivity contribution in [1.82, 2.24) is 14.5 Å². The number of benzene rings is 2. The van der Waals surface area contributed by atoms with Crippen LogP contribution in [0.15, 0.2) is 59.5 Å². The molecule has 33 heavy (non-hydrogen) atoms. The van der Waals surface area contributed by atoms with E-state index in [9.17, 15) is 18.0 Å². The first-order valence-electron chi connectivity index (χ1n) is 10.9. The fourth-order valence-electron chi connectivity index (χ4n) is 3.19. The van der Waals surface area contributed by atoms with Gasteiger partial charge in [-0.1, -0.05) is 48.9 Å². The van der Waals surface area contributed by atoms with Crippen molar-refractivity contribution >= 4 is 33.4 Å². The highest BCUT2D eigenvalue weighted by molar-refractivity contribution is 7.89. The van der Waals surface area contributed by atoms with Gasteiger partial charge in [-0.25, -0.2) is 8.42 Å².